The molecule has 0 saturated carbocycles. The molecule has 3 atom stereocenters. The van der Waals surface area contributed by atoms with Gasteiger partial charge < -0.3 is 14.7 Å². The van der Waals surface area contributed by atoms with Crippen LogP contribution < -0.4 is 5.32 Å². The number of imide groups is 1. The van der Waals surface area contributed by atoms with Gasteiger partial charge in [-0.05, 0) is 31.6 Å². The van der Waals surface area contributed by atoms with Crippen LogP contribution in [-0.2, 0) is 4.79 Å². The van der Waals surface area contributed by atoms with Crippen LogP contribution >= 0.6 is 0 Å². The Hall–Kier alpha value is -2.31. The van der Waals surface area contributed by atoms with E-state index < -0.39 is 12.2 Å². The van der Waals surface area contributed by atoms with Gasteiger partial charge >= 0.3 is 6.03 Å². The number of likely N-dealkylation sites (N-methyl/N-ethyl adjacent to an activating group) is 1. The summed E-state index contributed by atoms with van der Waals surface area (Å²) in [4.78, 5) is 35.4. The molecule has 32 heavy (non-hydrogen) atoms. The van der Waals surface area contributed by atoms with Crippen molar-refractivity contribution in [2.45, 2.75) is 84.8 Å². The number of carbonyl (C=O) groups is 2. The number of unbranched alkanes of at least 4 members (excludes halogenated alkanes) is 2. The van der Waals surface area contributed by atoms with Gasteiger partial charge in [-0.15, -0.1) is 0 Å². The maximum absolute atomic E-state index is 12.6. The Labute approximate surface area is 194 Å². The van der Waals surface area contributed by atoms with Gasteiger partial charge in [0, 0.05) is 26.7 Å². The summed E-state index contributed by atoms with van der Waals surface area (Å²) in [5.41, 5.74) is 0. The van der Waals surface area contributed by atoms with Gasteiger partial charge in [0.25, 0.3) is 5.91 Å². The Morgan fingerprint density at radius 2 is 1.75 bits per heavy atom. The Bertz CT molecular complexity index is 694. The first-order valence-corrected chi connectivity index (χ1v) is 12.6. The number of nitrogens with zero attached hydrogens (tertiary/aromatic N) is 4. The highest BCUT2D eigenvalue weighted by Gasteiger charge is 2.49. The molecule has 0 bridgehead atoms. The third-order valence-corrected chi connectivity index (χ3v) is 6.19. The van der Waals surface area contributed by atoms with E-state index in [2.05, 4.69) is 53.3 Å². The van der Waals surface area contributed by atoms with Gasteiger partial charge in [0.1, 0.15) is 0 Å². The first kappa shape index (κ1) is 25.9. The van der Waals surface area contributed by atoms with Crippen LogP contribution in [-0.4, -0.2) is 71.5 Å². The number of likely N-dealkylation sites (tertiary alicyclic amines) is 1. The van der Waals surface area contributed by atoms with E-state index in [1.54, 1.807) is 11.9 Å². The van der Waals surface area contributed by atoms with Crippen molar-refractivity contribution < 1.29 is 9.59 Å². The van der Waals surface area contributed by atoms with Gasteiger partial charge in [-0.3, -0.25) is 10.1 Å². The van der Waals surface area contributed by atoms with Crippen LogP contribution in [0.5, 0.6) is 0 Å². The molecule has 4 rings (SSSR count). The minimum atomic E-state index is -0.432. The molecule has 2 saturated heterocycles. The fourth-order valence-corrected chi connectivity index (χ4v) is 4.44. The van der Waals surface area contributed by atoms with Gasteiger partial charge in [0.15, 0.2) is 18.2 Å². The van der Waals surface area contributed by atoms with Gasteiger partial charge in [-0.1, -0.05) is 71.3 Å². The van der Waals surface area contributed by atoms with E-state index in [1.807, 2.05) is 13.8 Å². The SMILES string of the molecule is CC.CCCCC.CN1C(=O)NC(=O)C2C1N=C(N1CCCCC1)N2CC1C=CC=CC1. The average Bonchev–Trinajstić information content (AvgIpc) is 3.21. The Morgan fingerprint density at radius 3 is 2.31 bits per heavy atom. The zero-order chi connectivity index (χ0) is 23.5. The maximum Gasteiger partial charge on any atom is 0.325 e. The van der Waals surface area contributed by atoms with Crippen LogP contribution in [0, 0.1) is 5.92 Å². The number of guanidine groups is 1. The van der Waals surface area contributed by atoms with E-state index in [0.717, 1.165) is 44.9 Å². The lowest BCUT2D eigenvalue weighted by Gasteiger charge is -2.39. The smallest absolute Gasteiger partial charge is 0.325 e. The standard InChI is InChI=1S/C18H25N5O2.C5H12.C2H6/c1-21-15-14(16(24)20-18(21)25)23(12-13-8-4-2-5-9-13)17(19-15)22-10-6-3-7-11-22;1-3-5-4-2;1-2/h2,4-5,8,13-15H,3,6-7,9-12H2,1H3,(H,20,24,25);3-5H2,1-2H3;1-2H3. The molecule has 1 N–H and O–H groups in total. The normalized spacial score (nSPS) is 26.5. The van der Waals surface area contributed by atoms with E-state index in [4.69, 9.17) is 4.99 Å². The average molecular weight is 446 g/mol. The van der Waals surface area contributed by atoms with Crippen LogP contribution in [0.15, 0.2) is 29.3 Å². The minimum Gasteiger partial charge on any atom is -0.343 e. The lowest BCUT2D eigenvalue weighted by Crippen LogP contribution is -2.64. The lowest BCUT2D eigenvalue weighted by molar-refractivity contribution is -0.127. The molecule has 3 amide bonds. The summed E-state index contributed by atoms with van der Waals surface area (Å²) in [6.45, 7) is 11.1. The van der Waals surface area contributed by atoms with Crippen molar-refractivity contribution in [2.24, 2.45) is 10.9 Å². The summed E-state index contributed by atoms with van der Waals surface area (Å²) in [7, 11) is 1.71. The van der Waals surface area contributed by atoms with Crippen LogP contribution in [0.4, 0.5) is 4.79 Å². The second-order valence-electron chi connectivity index (χ2n) is 8.56. The Kier molecular flexibility index (Phi) is 10.8. The first-order chi connectivity index (χ1) is 15.6. The number of urea groups is 1. The molecule has 7 nitrogen and oxygen atoms in total. The molecule has 4 aliphatic rings. The van der Waals surface area contributed by atoms with Crippen molar-refractivity contribution in [3.63, 3.8) is 0 Å². The number of amides is 3. The van der Waals surface area contributed by atoms with Gasteiger partial charge in [-0.25, -0.2) is 9.79 Å². The Balaban J connectivity index is 0.000000460. The van der Waals surface area contributed by atoms with Gasteiger partial charge in [0.2, 0.25) is 0 Å². The number of carbonyl (C=O) groups excluding carboxylic acids is 2. The van der Waals surface area contributed by atoms with Crippen LogP contribution in [0.2, 0.25) is 0 Å². The molecule has 0 spiro atoms. The summed E-state index contributed by atoms with van der Waals surface area (Å²) >= 11 is 0. The van der Waals surface area contributed by atoms with Crippen LogP contribution in [0.1, 0.15) is 72.6 Å². The molecule has 0 aromatic heterocycles. The van der Waals surface area contributed by atoms with E-state index in [1.165, 1.54) is 25.7 Å². The van der Waals surface area contributed by atoms with Crippen molar-refractivity contribution in [1.29, 1.82) is 0 Å². The second-order valence-corrected chi connectivity index (χ2v) is 8.56. The molecule has 2 fully saturated rings. The van der Waals surface area contributed by atoms with E-state index >= 15 is 0 Å². The number of piperidine rings is 1. The number of aliphatic imine (C=N–C) groups is 1. The zero-order valence-corrected chi connectivity index (χ0v) is 20.7. The molecule has 3 unspecified atom stereocenters. The third kappa shape index (κ3) is 6.36. The second kappa shape index (κ2) is 13.3. The molecule has 7 heteroatoms. The highest BCUT2D eigenvalue weighted by atomic mass is 16.2. The monoisotopic (exact) mass is 445 g/mol. The summed E-state index contributed by atoms with van der Waals surface area (Å²) in [5, 5.41) is 2.47. The molecule has 0 aromatic rings. The lowest BCUT2D eigenvalue weighted by atomic mass is 9.99. The molecule has 0 radical (unpaired) electrons. The molecule has 3 heterocycles. The molecule has 3 aliphatic heterocycles. The number of fused-ring (bicyclic) bond motifs is 1. The molecule has 1 aliphatic carbocycles. The third-order valence-electron chi connectivity index (χ3n) is 6.19. The van der Waals surface area contributed by atoms with Crippen LogP contribution in [0.3, 0.4) is 0 Å². The quantitative estimate of drug-likeness (QED) is 0.697. The summed E-state index contributed by atoms with van der Waals surface area (Å²) in [5.74, 6) is 1.00. The van der Waals surface area contributed by atoms with E-state index in [9.17, 15) is 9.59 Å². The molecule has 180 valence electrons. The fourth-order valence-electron chi connectivity index (χ4n) is 4.44. The number of rotatable bonds is 4. The zero-order valence-electron chi connectivity index (χ0n) is 20.7. The van der Waals surface area contributed by atoms with Crippen molar-refractivity contribution in [3.8, 4) is 0 Å². The predicted molar refractivity (Wildman–Crippen MR) is 131 cm³/mol. The van der Waals surface area contributed by atoms with Crippen molar-refractivity contribution in [2.75, 3.05) is 26.7 Å². The number of nitrogens with one attached hydrogen (secondary N) is 1. The largest absolute Gasteiger partial charge is 0.343 e. The highest BCUT2D eigenvalue weighted by Crippen LogP contribution is 2.28. The van der Waals surface area contributed by atoms with Crippen molar-refractivity contribution in [3.05, 3.63) is 24.3 Å². The summed E-state index contributed by atoms with van der Waals surface area (Å²) in [6, 6.07) is -0.797. The number of hydrogen-bond acceptors (Lipinski definition) is 5. The topological polar surface area (TPSA) is 68.2 Å². The fraction of sp³-hybridized carbons (Fsp3) is 0.720. The van der Waals surface area contributed by atoms with E-state index in [-0.39, 0.29) is 11.9 Å². The predicted octanol–water partition coefficient (Wildman–Crippen LogP) is 4.38. The van der Waals surface area contributed by atoms with Crippen molar-refractivity contribution in [1.82, 2.24) is 20.0 Å². The van der Waals surface area contributed by atoms with Crippen LogP contribution in [0.25, 0.3) is 0 Å². The molecular formula is C25H43N5O2. The van der Waals surface area contributed by atoms with Gasteiger partial charge in [-0.2, -0.15) is 0 Å². The molecular weight excluding hydrogens is 402 g/mol. The summed E-state index contributed by atoms with van der Waals surface area (Å²) in [6.07, 6.45) is 16.6. The highest BCUT2D eigenvalue weighted by molar-refractivity contribution is 6.03. The minimum absolute atomic E-state index is 0.237. The van der Waals surface area contributed by atoms with Crippen molar-refractivity contribution >= 4 is 17.9 Å². The summed E-state index contributed by atoms with van der Waals surface area (Å²) < 4.78 is 0. The first-order valence-electron chi connectivity index (χ1n) is 12.6. The molecule has 0 aromatic carbocycles. The number of allylic oxidation sites excluding steroid dienone is 3. The maximum atomic E-state index is 12.6. The van der Waals surface area contributed by atoms with E-state index in [0.29, 0.717) is 5.92 Å². The number of hydrogen-bond donors (Lipinski definition) is 1. The Morgan fingerprint density at radius 1 is 1.06 bits per heavy atom. The van der Waals surface area contributed by atoms with Gasteiger partial charge in [0.05, 0.1) is 0 Å².